The fourth-order valence-electron chi connectivity index (χ4n) is 7.10. The average molecular weight is 613 g/mol. The van der Waals surface area contributed by atoms with E-state index in [2.05, 4.69) is 204 Å². The third-order valence-corrected chi connectivity index (χ3v) is 9.39. The van der Waals surface area contributed by atoms with E-state index in [1.807, 2.05) is 0 Å². The van der Waals surface area contributed by atoms with Crippen LogP contribution in [-0.2, 0) is 0 Å². The Morgan fingerprint density at radius 3 is 1.69 bits per heavy atom. The van der Waals surface area contributed by atoms with Crippen LogP contribution in [0.2, 0.25) is 0 Å². The Balaban J connectivity index is 1.16. The first-order valence-electron chi connectivity index (χ1n) is 16.4. The Morgan fingerprint density at radius 1 is 0.333 bits per heavy atom. The lowest BCUT2D eigenvalue weighted by Crippen LogP contribution is -2.09. The number of anilines is 3. The molecule has 0 aliphatic rings. The third-order valence-electron chi connectivity index (χ3n) is 9.39. The summed E-state index contributed by atoms with van der Waals surface area (Å²) in [6, 6.07) is 69.8. The Kier molecular flexibility index (Phi) is 6.84. The lowest BCUT2D eigenvalue weighted by atomic mass is 9.98. The van der Waals surface area contributed by atoms with Gasteiger partial charge in [-0.15, -0.1) is 0 Å². The summed E-state index contributed by atoms with van der Waals surface area (Å²) in [4.78, 5) is 2.35. The highest BCUT2D eigenvalue weighted by molar-refractivity contribution is 6.10. The van der Waals surface area contributed by atoms with E-state index in [0.29, 0.717) is 0 Å². The Labute approximate surface area is 280 Å². The molecule has 9 aromatic rings. The third kappa shape index (κ3) is 4.83. The molecule has 226 valence electrons. The van der Waals surface area contributed by atoms with Gasteiger partial charge in [-0.1, -0.05) is 133 Å². The summed E-state index contributed by atoms with van der Waals surface area (Å²) in [6.07, 6.45) is 0. The van der Waals surface area contributed by atoms with Crippen molar-refractivity contribution < 1.29 is 0 Å². The maximum Gasteiger partial charge on any atom is 0.0542 e. The molecular formula is C46H32N2. The molecule has 2 nitrogen and oxygen atoms in total. The van der Waals surface area contributed by atoms with Gasteiger partial charge in [-0.3, -0.25) is 0 Å². The summed E-state index contributed by atoms with van der Waals surface area (Å²) in [5, 5.41) is 4.99. The van der Waals surface area contributed by atoms with Gasteiger partial charge in [0.15, 0.2) is 0 Å². The summed E-state index contributed by atoms with van der Waals surface area (Å²) in [5.74, 6) is 0. The second kappa shape index (κ2) is 11.8. The number of para-hydroxylation sites is 2. The molecule has 9 rings (SSSR count). The molecular weight excluding hydrogens is 581 g/mol. The molecule has 0 unspecified atom stereocenters. The molecule has 1 heterocycles. The molecule has 0 aliphatic carbocycles. The topological polar surface area (TPSA) is 8.17 Å². The lowest BCUT2D eigenvalue weighted by molar-refractivity contribution is 1.18. The molecule has 0 saturated heterocycles. The van der Waals surface area contributed by atoms with Gasteiger partial charge in [0, 0.05) is 33.5 Å². The number of hydrogen-bond acceptors (Lipinski definition) is 1. The van der Waals surface area contributed by atoms with E-state index in [1.54, 1.807) is 0 Å². The number of fused-ring (bicyclic) bond motifs is 4. The van der Waals surface area contributed by atoms with Gasteiger partial charge >= 0.3 is 0 Å². The van der Waals surface area contributed by atoms with Crippen molar-refractivity contribution in [3.63, 3.8) is 0 Å². The van der Waals surface area contributed by atoms with Crippen LogP contribution in [0.25, 0.3) is 60.5 Å². The Bertz CT molecular complexity index is 2520. The molecule has 0 spiro atoms. The lowest BCUT2D eigenvalue weighted by Gasteiger charge is -2.26. The van der Waals surface area contributed by atoms with Crippen molar-refractivity contribution in [2.45, 2.75) is 0 Å². The molecule has 0 amide bonds. The largest absolute Gasteiger partial charge is 0.310 e. The van der Waals surface area contributed by atoms with Gasteiger partial charge in [-0.2, -0.15) is 0 Å². The van der Waals surface area contributed by atoms with E-state index in [4.69, 9.17) is 0 Å². The van der Waals surface area contributed by atoms with E-state index in [1.165, 1.54) is 54.8 Å². The first-order chi connectivity index (χ1) is 23.8. The molecule has 8 aromatic carbocycles. The van der Waals surface area contributed by atoms with Gasteiger partial charge in [0.25, 0.3) is 0 Å². The zero-order chi connectivity index (χ0) is 31.9. The SMILES string of the molecule is c1ccc(-c2ccc(N(c3ccccc3)c3ccc4c(c3)c3ccccc3n4-c3ccc(-c4cccc5ccccc45)cc3)cc2)cc1. The minimum Gasteiger partial charge on any atom is -0.310 e. The molecule has 0 atom stereocenters. The van der Waals surface area contributed by atoms with Crippen LogP contribution in [0.1, 0.15) is 0 Å². The molecule has 48 heavy (non-hydrogen) atoms. The van der Waals surface area contributed by atoms with Crippen LogP contribution in [-0.4, -0.2) is 4.57 Å². The van der Waals surface area contributed by atoms with Crippen LogP contribution < -0.4 is 4.90 Å². The number of benzene rings is 8. The molecule has 1 aromatic heterocycles. The smallest absolute Gasteiger partial charge is 0.0542 e. The first-order valence-corrected chi connectivity index (χ1v) is 16.4. The van der Waals surface area contributed by atoms with Crippen molar-refractivity contribution in [3.8, 4) is 27.9 Å². The van der Waals surface area contributed by atoms with Crippen LogP contribution in [0, 0.1) is 0 Å². The van der Waals surface area contributed by atoms with Crippen LogP contribution in [0.5, 0.6) is 0 Å². The summed E-state index contributed by atoms with van der Waals surface area (Å²) >= 11 is 0. The van der Waals surface area contributed by atoms with Crippen molar-refractivity contribution in [2.24, 2.45) is 0 Å². The predicted octanol–water partition coefficient (Wildman–Crippen LogP) is 12.7. The van der Waals surface area contributed by atoms with E-state index >= 15 is 0 Å². The van der Waals surface area contributed by atoms with Gasteiger partial charge < -0.3 is 9.47 Å². The molecule has 0 saturated carbocycles. The first kappa shape index (κ1) is 27.9. The number of rotatable bonds is 6. The normalized spacial score (nSPS) is 11.3. The number of aromatic nitrogens is 1. The van der Waals surface area contributed by atoms with E-state index in [0.717, 1.165) is 22.7 Å². The van der Waals surface area contributed by atoms with Crippen LogP contribution in [0.3, 0.4) is 0 Å². The Morgan fingerprint density at radius 2 is 0.896 bits per heavy atom. The summed E-state index contributed by atoms with van der Waals surface area (Å²) in [7, 11) is 0. The van der Waals surface area contributed by atoms with E-state index < -0.39 is 0 Å². The highest BCUT2D eigenvalue weighted by Gasteiger charge is 2.17. The van der Waals surface area contributed by atoms with Crippen molar-refractivity contribution in [3.05, 3.63) is 194 Å². The highest BCUT2D eigenvalue weighted by atomic mass is 15.1. The van der Waals surface area contributed by atoms with Gasteiger partial charge in [0.1, 0.15) is 0 Å². The van der Waals surface area contributed by atoms with Crippen LogP contribution >= 0.6 is 0 Å². The second-order valence-electron chi connectivity index (χ2n) is 12.2. The highest BCUT2D eigenvalue weighted by Crippen LogP contribution is 2.40. The van der Waals surface area contributed by atoms with Crippen molar-refractivity contribution >= 4 is 49.6 Å². The van der Waals surface area contributed by atoms with E-state index in [9.17, 15) is 0 Å². The Hall–Kier alpha value is -6.38. The van der Waals surface area contributed by atoms with E-state index in [-0.39, 0.29) is 0 Å². The average Bonchev–Trinajstić information content (AvgIpc) is 3.50. The fraction of sp³-hybridized carbons (Fsp3) is 0. The standard InChI is InChI=1S/C46H32N2/c1-3-12-33(13-4-1)34-22-26-38(27-23-34)47(37-16-5-2-6-17-37)40-30-31-46-44(32-40)43-19-9-10-21-45(43)48(46)39-28-24-36(25-29-39)42-20-11-15-35-14-7-8-18-41(35)42/h1-32H. The zero-order valence-electron chi connectivity index (χ0n) is 26.4. The maximum absolute atomic E-state index is 2.39. The van der Waals surface area contributed by atoms with Crippen LogP contribution in [0.15, 0.2) is 194 Å². The zero-order valence-corrected chi connectivity index (χ0v) is 26.4. The molecule has 0 radical (unpaired) electrons. The second-order valence-corrected chi connectivity index (χ2v) is 12.2. The molecule has 2 heteroatoms. The van der Waals surface area contributed by atoms with Crippen molar-refractivity contribution in [1.82, 2.24) is 4.57 Å². The van der Waals surface area contributed by atoms with Crippen molar-refractivity contribution in [1.29, 1.82) is 0 Å². The van der Waals surface area contributed by atoms with Gasteiger partial charge in [0.2, 0.25) is 0 Å². The molecule has 0 N–H and O–H groups in total. The molecule has 0 aliphatic heterocycles. The molecule has 0 fully saturated rings. The summed E-state index contributed by atoms with van der Waals surface area (Å²) in [5.41, 5.74) is 11.8. The number of nitrogens with zero attached hydrogens (tertiary/aromatic N) is 2. The van der Waals surface area contributed by atoms with Gasteiger partial charge in [-0.25, -0.2) is 0 Å². The number of hydrogen-bond donors (Lipinski definition) is 0. The van der Waals surface area contributed by atoms with Gasteiger partial charge in [-0.05, 0) is 93.7 Å². The minimum atomic E-state index is 1.12. The van der Waals surface area contributed by atoms with Gasteiger partial charge in [0.05, 0.1) is 11.0 Å². The predicted molar refractivity (Wildman–Crippen MR) is 204 cm³/mol. The monoisotopic (exact) mass is 612 g/mol. The van der Waals surface area contributed by atoms with Crippen molar-refractivity contribution in [2.75, 3.05) is 4.90 Å². The maximum atomic E-state index is 2.39. The fourth-order valence-corrected chi connectivity index (χ4v) is 7.10. The minimum absolute atomic E-state index is 1.12. The quantitative estimate of drug-likeness (QED) is 0.181. The molecule has 0 bridgehead atoms. The summed E-state index contributed by atoms with van der Waals surface area (Å²) in [6.45, 7) is 0. The van der Waals surface area contributed by atoms with Crippen LogP contribution in [0.4, 0.5) is 17.1 Å². The summed E-state index contributed by atoms with van der Waals surface area (Å²) < 4.78 is 2.39.